The van der Waals surface area contributed by atoms with E-state index in [0.717, 1.165) is 12.0 Å². The van der Waals surface area contributed by atoms with Crippen LogP contribution in [0, 0.1) is 0 Å². The Morgan fingerprint density at radius 2 is 1.95 bits per heavy atom. The highest BCUT2D eigenvalue weighted by Crippen LogP contribution is 2.28. The molecule has 20 heavy (non-hydrogen) atoms. The molecule has 2 aliphatic rings. The van der Waals surface area contributed by atoms with Gasteiger partial charge in [0, 0.05) is 13.1 Å². The summed E-state index contributed by atoms with van der Waals surface area (Å²) in [6, 6.07) is 7.80. The van der Waals surface area contributed by atoms with Crippen LogP contribution in [-0.4, -0.2) is 38.3 Å². The SMILES string of the molecule is O=C1CN(S(=O)(=O)C2=Cc3ccccc3CC2)CCN1. The topological polar surface area (TPSA) is 66.5 Å². The molecule has 1 aromatic rings. The Bertz CT molecular complexity index is 679. The summed E-state index contributed by atoms with van der Waals surface area (Å²) < 4.78 is 26.4. The van der Waals surface area contributed by atoms with E-state index in [4.69, 9.17) is 0 Å². The van der Waals surface area contributed by atoms with Crippen molar-refractivity contribution >= 4 is 22.0 Å². The van der Waals surface area contributed by atoms with Crippen molar-refractivity contribution in [2.75, 3.05) is 19.6 Å². The van der Waals surface area contributed by atoms with Crippen molar-refractivity contribution < 1.29 is 13.2 Å². The van der Waals surface area contributed by atoms with Crippen LogP contribution < -0.4 is 5.32 Å². The van der Waals surface area contributed by atoms with Crippen LogP contribution in [0.2, 0.25) is 0 Å². The molecule has 1 amide bonds. The quantitative estimate of drug-likeness (QED) is 0.874. The van der Waals surface area contributed by atoms with Crippen LogP contribution in [0.25, 0.3) is 6.08 Å². The van der Waals surface area contributed by atoms with Gasteiger partial charge in [-0.3, -0.25) is 4.79 Å². The van der Waals surface area contributed by atoms with E-state index < -0.39 is 10.0 Å². The first kappa shape index (κ1) is 13.3. The first-order valence-corrected chi connectivity index (χ1v) is 8.07. The van der Waals surface area contributed by atoms with Crippen LogP contribution in [0.15, 0.2) is 29.2 Å². The fraction of sp³-hybridized carbons (Fsp3) is 0.357. The Morgan fingerprint density at radius 1 is 1.15 bits per heavy atom. The number of fused-ring (bicyclic) bond motifs is 1. The Labute approximate surface area is 118 Å². The zero-order chi connectivity index (χ0) is 14.2. The molecule has 3 rings (SSSR count). The summed E-state index contributed by atoms with van der Waals surface area (Å²) in [5.74, 6) is -0.239. The lowest BCUT2D eigenvalue weighted by atomic mass is 9.98. The van der Waals surface area contributed by atoms with Gasteiger partial charge in [-0.05, 0) is 30.0 Å². The van der Waals surface area contributed by atoms with Gasteiger partial charge in [0.1, 0.15) is 0 Å². The summed E-state index contributed by atoms with van der Waals surface area (Å²) >= 11 is 0. The Kier molecular flexibility index (Phi) is 3.35. The number of hydrogen-bond donors (Lipinski definition) is 1. The number of nitrogens with one attached hydrogen (secondary N) is 1. The van der Waals surface area contributed by atoms with E-state index in [0.29, 0.717) is 24.4 Å². The molecule has 1 fully saturated rings. The van der Waals surface area contributed by atoms with Gasteiger partial charge >= 0.3 is 0 Å². The Hall–Kier alpha value is -1.66. The summed E-state index contributed by atoms with van der Waals surface area (Å²) in [5.41, 5.74) is 2.13. The number of benzene rings is 1. The molecule has 6 heteroatoms. The van der Waals surface area contributed by atoms with Gasteiger partial charge in [-0.2, -0.15) is 4.31 Å². The lowest BCUT2D eigenvalue weighted by Crippen LogP contribution is -2.50. The number of sulfonamides is 1. The van der Waals surface area contributed by atoms with Crippen LogP contribution >= 0.6 is 0 Å². The molecule has 1 heterocycles. The van der Waals surface area contributed by atoms with Crippen molar-refractivity contribution in [3.05, 3.63) is 40.3 Å². The molecule has 106 valence electrons. The average molecular weight is 292 g/mol. The van der Waals surface area contributed by atoms with Gasteiger partial charge in [-0.25, -0.2) is 8.42 Å². The van der Waals surface area contributed by atoms with Gasteiger partial charge < -0.3 is 5.32 Å². The van der Waals surface area contributed by atoms with E-state index in [1.165, 1.54) is 9.87 Å². The minimum atomic E-state index is -3.53. The predicted octanol–water partition coefficient (Wildman–Crippen LogP) is 0.735. The van der Waals surface area contributed by atoms with Crippen LogP contribution in [0.1, 0.15) is 17.5 Å². The van der Waals surface area contributed by atoms with Crippen molar-refractivity contribution in [3.8, 4) is 0 Å². The fourth-order valence-electron chi connectivity index (χ4n) is 2.60. The largest absolute Gasteiger partial charge is 0.354 e. The average Bonchev–Trinajstić information content (AvgIpc) is 2.46. The van der Waals surface area contributed by atoms with Gasteiger partial charge in [-0.15, -0.1) is 0 Å². The predicted molar refractivity (Wildman–Crippen MR) is 76.2 cm³/mol. The molecule has 0 radical (unpaired) electrons. The summed E-state index contributed by atoms with van der Waals surface area (Å²) in [6.07, 6.45) is 2.96. The number of carbonyl (C=O) groups is 1. The van der Waals surface area contributed by atoms with Crippen LogP contribution in [0.5, 0.6) is 0 Å². The first-order chi connectivity index (χ1) is 9.57. The molecule has 0 aromatic heterocycles. The first-order valence-electron chi connectivity index (χ1n) is 6.63. The second-order valence-corrected chi connectivity index (χ2v) is 6.99. The van der Waals surface area contributed by atoms with Crippen molar-refractivity contribution in [1.82, 2.24) is 9.62 Å². The summed E-state index contributed by atoms with van der Waals surface area (Å²) in [6.45, 7) is 0.635. The Balaban J connectivity index is 1.93. The third-order valence-electron chi connectivity index (χ3n) is 3.69. The zero-order valence-electron chi connectivity index (χ0n) is 11.0. The zero-order valence-corrected chi connectivity index (χ0v) is 11.8. The number of hydrogen-bond acceptors (Lipinski definition) is 3. The van der Waals surface area contributed by atoms with Gasteiger partial charge in [0.15, 0.2) is 0 Å². The summed E-state index contributed by atoms with van der Waals surface area (Å²) in [7, 11) is -3.53. The highest BCUT2D eigenvalue weighted by atomic mass is 32.2. The molecule has 0 bridgehead atoms. The second-order valence-electron chi connectivity index (χ2n) is 5.00. The molecule has 1 aliphatic heterocycles. The fourth-order valence-corrected chi connectivity index (χ4v) is 4.18. The lowest BCUT2D eigenvalue weighted by molar-refractivity contribution is -0.122. The van der Waals surface area contributed by atoms with Crippen molar-refractivity contribution in [1.29, 1.82) is 0 Å². The molecule has 0 unspecified atom stereocenters. The number of rotatable bonds is 2. The van der Waals surface area contributed by atoms with Crippen molar-refractivity contribution in [2.45, 2.75) is 12.8 Å². The van der Waals surface area contributed by atoms with Gasteiger partial charge in [0.2, 0.25) is 15.9 Å². The molecule has 1 saturated heterocycles. The number of nitrogens with zero attached hydrogens (tertiary/aromatic N) is 1. The number of amides is 1. The third-order valence-corrected chi connectivity index (χ3v) is 5.66. The van der Waals surface area contributed by atoms with Crippen LogP contribution in [-0.2, 0) is 21.2 Å². The van der Waals surface area contributed by atoms with E-state index in [1.807, 2.05) is 24.3 Å². The van der Waals surface area contributed by atoms with Gasteiger partial charge in [0.05, 0.1) is 11.4 Å². The third kappa shape index (κ3) is 2.36. The highest BCUT2D eigenvalue weighted by Gasteiger charge is 2.31. The van der Waals surface area contributed by atoms with E-state index in [9.17, 15) is 13.2 Å². The van der Waals surface area contributed by atoms with Gasteiger partial charge in [-0.1, -0.05) is 24.3 Å². The van der Waals surface area contributed by atoms with Crippen LogP contribution in [0.3, 0.4) is 0 Å². The number of piperazine rings is 1. The van der Waals surface area contributed by atoms with E-state index in [2.05, 4.69) is 5.32 Å². The minimum absolute atomic E-state index is 0.0820. The lowest BCUT2D eigenvalue weighted by Gasteiger charge is -2.28. The van der Waals surface area contributed by atoms with Crippen molar-refractivity contribution in [2.24, 2.45) is 0 Å². The van der Waals surface area contributed by atoms with E-state index >= 15 is 0 Å². The highest BCUT2D eigenvalue weighted by molar-refractivity contribution is 7.93. The van der Waals surface area contributed by atoms with E-state index in [1.54, 1.807) is 6.08 Å². The Morgan fingerprint density at radius 3 is 2.75 bits per heavy atom. The summed E-state index contributed by atoms with van der Waals surface area (Å²) in [4.78, 5) is 11.8. The molecular weight excluding hydrogens is 276 g/mol. The monoisotopic (exact) mass is 292 g/mol. The number of aryl methyl sites for hydroxylation is 1. The minimum Gasteiger partial charge on any atom is -0.354 e. The number of carbonyl (C=O) groups excluding carboxylic acids is 1. The number of allylic oxidation sites excluding steroid dienone is 1. The molecule has 5 nitrogen and oxygen atoms in total. The maximum absolute atomic E-state index is 12.6. The molecule has 1 N–H and O–H groups in total. The molecule has 0 atom stereocenters. The second kappa shape index (κ2) is 5.03. The van der Waals surface area contributed by atoms with Gasteiger partial charge in [0.25, 0.3) is 0 Å². The molecule has 1 aliphatic carbocycles. The smallest absolute Gasteiger partial charge is 0.239 e. The molecule has 1 aromatic carbocycles. The molecule has 0 spiro atoms. The summed E-state index contributed by atoms with van der Waals surface area (Å²) in [5, 5.41) is 2.64. The molecule has 0 saturated carbocycles. The van der Waals surface area contributed by atoms with Crippen molar-refractivity contribution in [3.63, 3.8) is 0 Å². The normalized spacial score (nSPS) is 20.0. The molecular formula is C14H16N2O3S. The standard InChI is InChI=1S/C14H16N2O3S/c17-14-10-16(8-7-15-14)20(18,19)13-6-5-11-3-1-2-4-12(11)9-13/h1-4,9H,5-8,10H2,(H,15,17). The maximum Gasteiger partial charge on any atom is 0.239 e. The van der Waals surface area contributed by atoms with Crippen LogP contribution in [0.4, 0.5) is 0 Å². The van der Waals surface area contributed by atoms with E-state index in [-0.39, 0.29) is 12.5 Å². The maximum atomic E-state index is 12.6.